The van der Waals surface area contributed by atoms with Crippen molar-refractivity contribution in [1.29, 1.82) is 0 Å². The van der Waals surface area contributed by atoms with Crippen molar-refractivity contribution in [3.05, 3.63) is 22.8 Å². The van der Waals surface area contributed by atoms with E-state index in [4.69, 9.17) is 14.6 Å². The van der Waals surface area contributed by atoms with E-state index in [1.807, 2.05) is 20.8 Å². The molecule has 0 bridgehead atoms. The van der Waals surface area contributed by atoms with Crippen LogP contribution in [0.1, 0.15) is 42.9 Å². The number of fused-ring (bicyclic) bond motifs is 1. The first-order valence-electron chi connectivity index (χ1n) is 7.60. The Balaban J connectivity index is 2.04. The summed E-state index contributed by atoms with van der Waals surface area (Å²) in [5.41, 5.74) is 1.98. The van der Waals surface area contributed by atoms with E-state index < -0.39 is 17.5 Å². The van der Waals surface area contributed by atoms with Crippen LogP contribution in [0.25, 0.3) is 0 Å². The molecule has 0 fully saturated rings. The minimum Gasteiger partial charge on any atom is -0.508 e. The number of phenols is 1. The molecule has 0 saturated carbocycles. The maximum Gasteiger partial charge on any atom is 0.306 e. The normalized spacial score (nSPS) is 19.6. The second kappa shape index (κ2) is 6.48. The van der Waals surface area contributed by atoms with Crippen molar-refractivity contribution in [3.63, 3.8) is 0 Å². The fourth-order valence-corrected chi connectivity index (χ4v) is 2.69. The zero-order chi connectivity index (χ0) is 17.2. The minimum absolute atomic E-state index is 0.0737. The Hall–Kier alpha value is -2.24. The molecule has 6 nitrogen and oxygen atoms in total. The number of carbonyl (C=O) groups is 2. The number of ether oxygens (including phenoxy) is 2. The summed E-state index contributed by atoms with van der Waals surface area (Å²) in [6.07, 6.45) is 0.986. The van der Waals surface area contributed by atoms with Gasteiger partial charge in [0.1, 0.15) is 23.7 Å². The molecule has 0 amide bonds. The van der Waals surface area contributed by atoms with E-state index in [2.05, 4.69) is 0 Å². The first-order chi connectivity index (χ1) is 10.7. The Labute approximate surface area is 135 Å². The van der Waals surface area contributed by atoms with E-state index in [0.29, 0.717) is 6.42 Å². The third kappa shape index (κ3) is 3.94. The van der Waals surface area contributed by atoms with E-state index in [1.165, 1.54) is 0 Å². The fourth-order valence-electron chi connectivity index (χ4n) is 2.69. The van der Waals surface area contributed by atoms with Crippen molar-refractivity contribution in [1.82, 2.24) is 0 Å². The molecule has 23 heavy (non-hydrogen) atoms. The number of hydrogen-bond donors (Lipinski definition) is 2. The highest BCUT2D eigenvalue weighted by atomic mass is 16.6. The molecule has 0 radical (unpaired) electrons. The van der Waals surface area contributed by atoms with Crippen LogP contribution in [0.5, 0.6) is 11.5 Å². The van der Waals surface area contributed by atoms with Crippen molar-refractivity contribution in [2.75, 3.05) is 6.61 Å². The third-order valence-electron chi connectivity index (χ3n) is 4.16. The summed E-state index contributed by atoms with van der Waals surface area (Å²) in [7, 11) is 0. The Bertz CT molecular complexity index is 636. The van der Waals surface area contributed by atoms with Gasteiger partial charge in [0.15, 0.2) is 0 Å². The SMILES string of the molecule is Cc1cc(O)c(C)c2c1O[C@@](C)(COC(=O)CCC(=O)O)CC2. The maximum absolute atomic E-state index is 11.6. The Kier molecular flexibility index (Phi) is 4.82. The molecule has 1 aromatic rings. The van der Waals surface area contributed by atoms with Gasteiger partial charge in [-0.15, -0.1) is 0 Å². The number of aryl methyl sites for hydroxylation is 1. The van der Waals surface area contributed by atoms with Gasteiger partial charge in [-0.25, -0.2) is 0 Å². The van der Waals surface area contributed by atoms with Crippen molar-refractivity contribution >= 4 is 11.9 Å². The molecule has 0 saturated heterocycles. The molecule has 1 aliphatic rings. The second-order valence-electron chi connectivity index (χ2n) is 6.25. The lowest BCUT2D eigenvalue weighted by atomic mass is 9.89. The first kappa shape index (κ1) is 17.1. The molecule has 2 rings (SSSR count). The lowest BCUT2D eigenvalue weighted by Gasteiger charge is -2.36. The molecule has 1 aromatic carbocycles. The van der Waals surface area contributed by atoms with Crippen LogP contribution < -0.4 is 4.74 Å². The molecular weight excluding hydrogens is 300 g/mol. The molecule has 0 aromatic heterocycles. The quantitative estimate of drug-likeness (QED) is 0.809. The Morgan fingerprint density at radius 2 is 2.04 bits per heavy atom. The molecule has 1 heterocycles. The van der Waals surface area contributed by atoms with Crippen molar-refractivity contribution in [3.8, 4) is 11.5 Å². The summed E-state index contributed by atoms with van der Waals surface area (Å²) < 4.78 is 11.2. The predicted octanol–water partition coefficient (Wildman–Crippen LogP) is 2.50. The van der Waals surface area contributed by atoms with Crippen LogP contribution in [-0.2, 0) is 20.7 Å². The number of rotatable bonds is 5. The summed E-state index contributed by atoms with van der Waals surface area (Å²) in [5.74, 6) is -0.576. The van der Waals surface area contributed by atoms with Gasteiger partial charge >= 0.3 is 11.9 Å². The predicted molar refractivity (Wildman–Crippen MR) is 82.8 cm³/mol. The number of benzene rings is 1. The van der Waals surface area contributed by atoms with E-state index in [1.54, 1.807) is 6.07 Å². The van der Waals surface area contributed by atoms with Crippen molar-refractivity contribution < 1.29 is 29.3 Å². The van der Waals surface area contributed by atoms with Crippen LogP contribution in [0.4, 0.5) is 0 Å². The largest absolute Gasteiger partial charge is 0.508 e. The summed E-state index contributed by atoms with van der Waals surface area (Å²) in [5, 5.41) is 18.5. The molecule has 0 aliphatic carbocycles. The van der Waals surface area contributed by atoms with Gasteiger partial charge in [0.25, 0.3) is 0 Å². The first-order valence-corrected chi connectivity index (χ1v) is 7.60. The van der Waals surface area contributed by atoms with Crippen LogP contribution in [0, 0.1) is 13.8 Å². The standard InChI is InChI=1S/C17H22O6/c1-10-8-13(18)11(2)12-6-7-17(3,23-16(10)12)9-22-15(21)5-4-14(19)20/h8,18H,4-7,9H2,1-3H3,(H,19,20)/t17-/m1/s1. The summed E-state index contributed by atoms with van der Waals surface area (Å²) in [4.78, 5) is 22.0. The molecule has 2 N–H and O–H groups in total. The van der Waals surface area contributed by atoms with Gasteiger partial charge in [-0.05, 0) is 50.8 Å². The van der Waals surface area contributed by atoms with E-state index in [-0.39, 0.29) is 25.2 Å². The number of aliphatic carboxylic acids is 1. The van der Waals surface area contributed by atoms with Gasteiger partial charge in [0.2, 0.25) is 0 Å². The van der Waals surface area contributed by atoms with Gasteiger partial charge in [-0.2, -0.15) is 0 Å². The summed E-state index contributed by atoms with van der Waals surface area (Å²) >= 11 is 0. The van der Waals surface area contributed by atoms with Gasteiger partial charge in [0, 0.05) is 5.56 Å². The van der Waals surface area contributed by atoms with Gasteiger partial charge in [-0.1, -0.05) is 0 Å². The molecule has 0 unspecified atom stereocenters. The minimum atomic E-state index is -1.03. The summed E-state index contributed by atoms with van der Waals surface area (Å²) in [6, 6.07) is 1.67. The zero-order valence-corrected chi connectivity index (χ0v) is 13.6. The fraction of sp³-hybridized carbons (Fsp3) is 0.529. The molecule has 126 valence electrons. The molecule has 1 aliphatic heterocycles. The van der Waals surface area contributed by atoms with Crippen molar-refractivity contribution in [2.45, 2.75) is 52.1 Å². The zero-order valence-electron chi connectivity index (χ0n) is 13.6. The Morgan fingerprint density at radius 3 is 2.70 bits per heavy atom. The second-order valence-corrected chi connectivity index (χ2v) is 6.25. The molecule has 6 heteroatoms. The molecule has 1 atom stereocenters. The lowest BCUT2D eigenvalue weighted by Crippen LogP contribution is -2.42. The number of carbonyl (C=O) groups excluding carboxylic acids is 1. The number of carboxylic acids is 1. The summed E-state index contributed by atoms with van der Waals surface area (Å²) in [6.45, 7) is 5.65. The average molecular weight is 322 g/mol. The van der Waals surface area contributed by atoms with Crippen LogP contribution in [0.15, 0.2) is 6.07 Å². The van der Waals surface area contributed by atoms with E-state index in [0.717, 1.165) is 28.9 Å². The number of hydrogen-bond acceptors (Lipinski definition) is 5. The lowest BCUT2D eigenvalue weighted by molar-refractivity contribution is -0.152. The van der Waals surface area contributed by atoms with Crippen LogP contribution >= 0.6 is 0 Å². The number of phenolic OH excluding ortho intramolecular Hbond substituents is 1. The van der Waals surface area contributed by atoms with Crippen molar-refractivity contribution in [2.24, 2.45) is 0 Å². The van der Waals surface area contributed by atoms with E-state index in [9.17, 15) is 14.7 Å². The number of aromatic hydroxyl groups is 1. The highest BCUT2D eigenvalue weighted by Gasteiger charge is 2.35. The number of esters is 1. The molecule has 0 spiro atoms. The van der Waals surface area contributed by atoms with Crippen LogP contribution in [-0.4, -0.2) is 34.4 Å². The van der Waals surface area contributed by atoms with Crippen LogP contribution in [0.2, 0.25) is 0 Å². The molecular formula is C17H22O6. The Morgan fingerprint density at radius 1 is 1.35 bits per heavy atom. The van der Waals surface area contributed by atoms with Gasteiger partial charge in [0.05, 0.1) is 12.8 Å². The highest BCUT2D eigenvalue weighted by Crippen LogP contribution is 2.40. The topological polar surface area (TPSA) is 93.1 Å². The average Bonchev–Trinajstić information content (AvgIpc) is 2.49. The van der Waals surface area contributed by atoms with Crippen LogP contribution in [0.3, 0.4) is 0 Å². The van der Waals surface area contributed by atoms with E-state index >= 15 is 0 Å². The highest BCUT2D eigenvalue weighted by molar-refractivity contribution is 5.76. The smallest absolute Gasteiger partial charge is 0.306 e. The van der Waals surface area contributed by atoms with Gasteiger partial charge < -0.3 is 19.7 Å². The van der Waals surface area contributed by atoms with Gasteiger partial charge in [-0.3, -0.25) is 9.59 Å². The third-order valence-corrected chi connectivity index (χ3v) is 4.16. The number of carboxylic acid groups (broad SMARTS) is 1. The maximum atomic E-state index is 11.6. The monoisotopic (exact) mass is 322 g/mol.